The van der Waals surface area contributed by atoms with Gasteiger partial charge >= 0.3 is 0 Å². The molecule has 0 aromatic carbocycles. The number of pyridine rings is 1. The van der Waals surface area contributed by atoms with Crippen LogP contribution in [0.1, 0.15) is 18.7 Å². The predicted molar refractivity (Wildman–Crippen MR) is 96.5 cm³/mol. The first-order valence-corrected chi connectivity index (χ1v) is 8.49. The number of aromatic nitrogens is 6. The van der Waals surface area contributed by atoms with Crippen molar-refractivity contribution >= 4 is 5.57 Å². The van der Waals surface area contributed by atoms with E-state index in [9.17, 15) is 5.11 Å². The van der Waals surface area contributed by atoms with Crippen LogP contribution >= 0.6 is 0 Å². The van der Waals surface area contributed by atoms with Crippen LogP contribution in [-0.2, 0) is 0 Å². The molecule has 0 aliphatic carbocycles. The Kier molecular flexibility index (Phi) is 4.40. The smallest absolute Gasteiger partial charge is 0.177 e. The van der Waals surface area contributed by atoms with Crippen LogP contribution in [0.3, 0.4) is 0 Å². The molecule has 26 heavy (non-hydrogen) atoms. The van der Waals surface area contributed by atoms with Gasteiger partial charge in [-0.2, -0.15) is 0 Å². The molecular weight excluding hydrogens is 330 g/mol. The van der Waals surface area contributed by atoms with Crippen molar-refractivity contribution in [2.45, 2.75) is 12.8 Å². The van der Waals surface area contributed by atoms with Crippen LogP contribution < -0.4 is 5.32 Å². The molecule has 0 amide bonds. The average molecular weight is 349 g/mol. The summed E-state index contributed by atoms with van der Waals surface area (Å²) in [7, 11) is 0. The maximum absolute atomic E-state index is 10.3. The highest BCUT2D eigenvalue weighted by Gasteiger charge is 2.20. The van der Waals surface area contributed by atoms with E-state index < -0.39 is 0 Å². The van der Waals surface area contributed by atoms with Gasteiger partial charge in [0.15, 0.2) is 5.82 Å². The van der Waals surface area contributed by atoms with Crippen molar-refractivity contribution < 1.29 is 5.11 Å². The third kappa shape index (κ3) is 3.18. The van der Waals surface area contributed by atoms with E-state index in [0.29, 0.717) is 28.8 Å². The average Bonchev–Trinajstić information content (AvgIpc) is 3.23. The molecule has 1 aliphatic rings. The normalized spacial score (nSPS) is 15.1. The van der Waals surface area contributed by atoms with Crippen LogP contribution in [0, 0.1) is 5.92 Å². The molecule has 8 nitrogen and oxygen atoms in total. The molecule has 3 aromatic heterocycles. The number of rotatable bonds is 4. The minimum atomic E-state index is 0.0599. The summed E-state index contributed by atoms with van der Waals surface area (Å²) in [6, 6.07) is 1.56. The van der Waals surface area contributed by atoms with Crippen molar-refractivity contribution in [1.82, 2.24) is 35.0 Å². The van der Waals surface area contributed by atoms with Crippen molar-refractivity contribution in [3.63, 3.8) is 0 Å². The topological polar surface area (TPSA) is 102 Å². The zero-order valence-electron chi connectivity index (χ0n) is 14.2. The van der Waals surface area contributed by atoms with Gasteiger partial charge in [0.05, 0.1) is 11.8 Å². The summed E-state index contributed by atoms with van der Waals surface area (Å²) in [4.78, 5) is 12.7. The van der Waals surface area contributed by atoms with Crippen LogP contribution in [0.2, 0.25) is 0 Å². The second-order valence-corrected chi connectivity index (χ2v) is 6.25. The van der Waals surface area contributed by atoms with Crippen LogP contribution in [0.5, 0.6) is 5.75 Å². The monoisotopic (exact) mass is 349 g/mol. The van der Waals surface area contributed by atoms with E-state index in [1.807, 2.05) is 0 Å². The number of hydrogen-bond acceptors (Lipinski definition) is 7. The highest BCUT2D eigenvalue weighted by molar-refractivity contribution is 5.66. The molecule has 0 bridgehead atoms. The lowest BCUT2D eigenvalue weighted by Crippen LogP contribution is -2.28. The van der Waals surface area contributed by atoms with Crippen molar-refractivity contribution in [1.29, 1.82) is 0 Å². The zero-order valence-corrected chi connectivity index (χ0v) is 14.2. The molecule has 132 valence electrons. The summed E-state index contributed by atoms with van der Waals surface area (Å²) in [5.41, 5.74) is 1.87. The first-order valence-electron chi connectivity index (χ1n) is 8.49. The molecule has 1 fully saturated rings. The van der Waals surface area contributed by atoms with Crippen LogP contribution in [0.4, 0.5) is 0 Å². The molecule has 8 heteroatoms. The second kappa shape index (κ2) is 7.01. The Morgan fingerprint density at radius 3 is 2.69 bits per heavy atom. The quantitative estimate of drug-likeness (QED) is 0.741. The van der Waals surface area contributed by atoms with Crippen molar-refractivity contribution in [3.8, 4) is 22.8 Å². The molecule has 0 atom stereocenters. The fourth-order valence-electron chi connectivity index (χ4n) is 3.07. The van der Waals surface area contributed by atoms with Gasteiger partial charge < -0.3 is 10.4 Å². The van der Waals surface area contributed by atoms with Crippen LogP contribution in [0.15, 0.2) is 43.8 Å². The largest absolute Gasteiger partial charge is 0.507 e. The van der Waals surface area contributed by atoms with Gasteiger partial charge in [0, 0.05) is 24.7 Å². The van der Waals surface area contributed by atoms with Crippen molar-refractivity contribution in [3.05, 3.63) is 49.6 Å². The molecule has 0 spiro atoms. The van der Waals surface area contributed by atoms with Gasteiger partial charge in [-0.25, -0.2) is 15.0 Å². The molecular formula is C18H19N7O. The first kappa shape index (κ1) is 16.3. The first-order chi connectivity index (χ1) is 12.7. The molecule has 4 heterocycles. The zero-order chi connectivity index (χ0) is 17.9. The second-order valence-electron chi connectivity index (χ2n) is 6.25. The minimum absolute atomic E-state index is 0.0599. The minimum Gasteiger partial charge on any atom is -0.507 e. The number of nitrogens with one attached hydrogen (secondary N) is 1. The summed E-state index contributed by atoms with van der Waals surface area (Å²) >= 11 is 0. The summed E-state index contributed by atoms with van der Waals surface area (Å²) in [5, 5.41) is 22.1. The molecule has 1 aliphatic heterocycles. The Hall–Kier alpha value is -3.13. The summed E-state index contributed by atoms with van der Waals surface area (Å²) in [6.45, 7) is 6.11. The van der Waals surface area contributed by atoms with E-state index in [2.05, 4.69) is 37.0 Å². The third-order valence-electron chi connectivity index (χ3n) is 4.59. The van der Waals surface area contributed by atoms with Gasteiger partial charge in [-0.05, 0) is 37.4 Å². The Morgan fingerprint density at radius 2 is 2.04 bits per heavy atom. The van der Waals surface area contributed by atoms with Gasteiger partial charge in [-0.3, -0.25) is 4.57 Å². The maximum atomic E-state index is 10.3. The lowest BCUT2D eigenvalue weighted by atomic mass is 9.90. The summed E-state index contributed by atoms with van der Waals surface area (Å²) < 4.78 is 1.71. The molecule has 2 N–H and O–H groups in total. The molecule has 4 rings (SSSR count). The molecule has 0 saturated carbocycles. The third-order valence-corrected chi connectivity index (χ3v) is 4.59. The number of nitrogens with zero attached hydrogens (tertiary/aromatic N) is 6. The Balaban J connectivity index is 1.56. The van der Waals surface area contributed by atoms with E-state index in [1.165, 1.54) is 0 Å². The number of imidazole rings is 1. The number of piperidine rings is 1. The molecule has 0 radical (unpaired) electrons. The van der Waals surface area contributed by atoms with E-state index in [4.69, 9.17) is 0 Å². The summed E-state index contributed by atoms with van der Waals surface area (Å²) in [6.07, 6.45) is 10.2. The van der Waals surface area contributed by atoms with Crippen molar-refractivity contribution in [2.24, 2.45) is 5.92 Å². The highest BCUT2D eigenvalue weighted by atomic mass is 16.3. The molecule has 0 unspecified atom stereocenters. The fraction of sp³-hybridized carbons (Fsp3) is 0.278. The lowest BCUT2D eigenvalue weighted by molar-refractivity contribution is 0.445. The fourth-order valence-corrected chi connectivity index (χ4v) is 3.07. The lowest BCUT2D eigenvalue weighted by Gasteiger charge is -2.23. The number of hydrogen-bond donors (Lipinski definition) is 2. The maximum Gasteiger partial charge on any atom is 0.177 e. The van der Waals surface area contributed by atoms with E-state index >= 15 is 0 Å². The van der Waals surface area contributed by atoms with Crippen LogP contribution in [0.25, 0.3) is 22.6 Å². The number of allylic oxidation sites excluding steroid dienone is 1. The highest BCUT2D eigenvalue weighted by Crippen LogP contribution is 2.29. The molecule has 3 aromatic rings. The van der Waals surface area contributed by atoms with Gasteiger partial charge in [-0.15, -0.1) is 10.2 Å². The summed E-state index contributed by atoms with van der Waals surface area (Å²) in [5.74, 6) is 1.57. The van der Waals surface area contributed by atoms with E-state index in [0.717, 1.165) is 31.5 Å². The van der Waals surface area contributed by atoms with Gasteiger partial charge in [0.25, 0.3) is 0 Å². The van der Waals surface area contributed by atoms with Gasteiger partial charge in [-0.1, -0.05) is 6.58 Å². The molecule has 1 saturated heterocycles. The Labute approximate surface area is 150 Å². The predicted octanol–water partition coefficient (Wildman–Crippen LogP) is 1.84. The van der Waals surface area contributed by atoms with Gasteiger partial charge in [0.2, 0.25) is 0 Å². The van der Waals surface area contributed by atoms with E-state index in [-0.39, 0.29) is 5.75 Å². The van der Waals surface area contributed by atoms with E-state index in [1.54, 1.807) is 41.7 Å². The van der Waals surface area contributed by atoms with Crippen LogP contribution in [-0.4, -0.2) is 47.9 Å². The SMILES string of the molecule is C=C(c1ncc(-c2cnc(-n3ccnc3)cc2O)nn1)C1CCNCC1. The number of aromatic hydroxyl groups is 1. The van der Waals surface area contributed by atoms with Gasteiger partial charge in [0.1, 0.15) is 23.6 Å². The Bertz CT molecular complexity index is 900. The van der Waals surface area contributed by atoms with Crippen molar-refractivity contribution in [2.75, 3.05) is 13.1 Å². The Morgan fingerprint density at radius 1 is 1.19 bits per heavy atom. The standard InChI is InChI=1S/C18H19N7O/c1-12(13-2-4-19-5-3-13)18-22-10-15(23-24-18)14-9-21-17(8-16(14)26)25-7-6-20-11-25/h6-11,13,19H,1-5H2,(H,21,26).